The van der Waals surface area contributed by atoms with Crippen molar-refractivity contribution in [1.29, 1.82) is 0 Å². The molecule has 2 rings (SSSR count). The van der Waals surface area contributed by atoms with Gasteiger partial charge in [0, 0.05) is 25.5 Å². The Morgan fingerprint density at radius 3 is 1.33 bits per heavy atom. The predicted octanol–water partition coefficient (Wildman–Crippen LogP) is 8.12. The molecule has 0 aliphatic heterocycles. The van der Waals surface area contributed by atoms with Crippen LogP contribution in [0.15, 0.2) is 22.1 Å². The van der Waals surface area contributed by atoms with E-state index in [0.29, 0.717) is 24.2 Å². The van der Waals surface area contributed by atoms with Crippen molar-refractivity contribution < 1.29 is 10.2 Å². The molecule has 30 heavy (non-hydrogen) atoms. The highest BCUT2D eigenvalue weighted by Gasteiger charge is 2.13. The Morgan fingerprint density at radius 1 is 0.600 bits per heavy atom. The van der Waals surface area contributed by atoms with Gasteiger partial charge < -0.3 is 10.2 Å². The maximum absolute atomic E-state index is 9.95. The number of aromatic hydroxyl groups is 2. The summed E-state index contributed by atoms with van der Waals surface area (Å²) in [6.45, 7) is 1.15. The van der Waals surface area contributed by atoms with Crippen LogP contribution in [-0.2, 0) is 0 Å². The first-order chi connectivity index (χ1) is 14.2. The molecule has 0 saturated carbocycles. The van der Waals surface area contributed by atoms with Crippen molar-refractivity contribution in [3.05, 3.63) is 53.4 Å². The molecule has 10 heteroatoms. The molecule has 162 valence electrons. The Bertz CT molecular complexity index is 833. The monoisotopic (exact) mass is 528 g/mol. The van der Waals surface area contributed by atoms with E-state index >= 15 is 0 Å². The van der Waals surface area contributed by atoms with Crippen molar-refractivity contribution in [2.45, 2.75) is 25.7 Å². The Balaban J connectivity index is 1.73. The van der Waals surface area contributed by atoms with Gasteiger partial charge in [-0.25, -0.2) is 0 Å². The minimum Gasteiger partial charge on any atom is -0.506 e. The lowest BCUT2D eigenvalue weighted by Crippen LogP contribution is -1.91. The first-order valence-corrected chi connectivity index (χ1v) is 11.2. The van der Waals surface area contributed by atoms with Gasteiger partial charge in [-0.2, -0.15) is 0 Å². The summed E-state index contributed by atoms with van der Waals surface area (Å²) in [5, 5.41) is 21.1. The predicted molar refractivity (Wildman–Crippen MR) is 130 cm³/mol. The fraction of sp³-hybridized carbons (Fsp3) is 0.300. The van der Waals surface area contributed by atoms with E-state index in [1.54, 1.807) is 0 Å². The molecule has 0 amide bonds. The number of phenolic OH excluding ortho intramolecular Hbond substituents is 2. The zero-order chi connectivity index (χ0) is 22.3. The number of unbranched alkanes of at least 4 members (excludes halogenated alkanes) is 3. The minimum atomic E-state index is -0.139. The van der Waals surface area contributed by atoms with Crippen molar-refractivity contribution in [2.24, 2.45) is 9.98 Å². The lowest BCUT2D eigenvalue weighted by atomic mass is 10.2. The average Bonchev–Trinajstić information content (AvgIpc) is 2.70. The largest absolute Gasteiger partial charge is 0.506 e. The van der Waals surface area contributed by atoms with Gasteiger partial charge in [-0.15, -0.1) is 0 Å². The van der Waals surface area contributed by atoms with Crippen molar-refractivity contribution in [3.8, 4) is 11.5 Å². The zero-order valence-corrected chi connectivity index (χ0v) is 20.1. The topological polar surface area (TPSA) is 65.2 Å². The van der Waals surface area contributed by atoms with Crippen molar-refractivity contribution in [2.75, 3.05) is 13.1 Å². The Kier molecular flexibility index (Phi) is 10.3. The van der Waals surface area contributed by atoms with Crippen LogP contribution in [0.3, 0.4) is 0 Å². The molecule has 0 atom stereocenters. The van der Waals surface area contributed by atoms with E-state index in [4.69, 9.17) is 69.6 Å². The molecule has 2 aromatic rings. The van der Waals surface area contributed by atoms with E-state index in [-0.39, 0.29) is 41.6 Å². The van der Waals surface area contributed by atoms with Crippen molar-refractivity contribution in [1.82, 2.24) is 0 Å². The van der Waals surface area contributed by atoms with Gasteiger partial charge in [0.2, 0.25) is 0 Å². The fourth-order valence-corrected chi connectivity index (χ4v) is 3.86. The van der Waals surface area contributed by atoms with Gasteiger partial charge in [-0.3, -0.25) is 9.98 Å². The fourth-order valence-electron chi connectivity index (χ4n) is 2.52. The molecule has 0 aliphatic carbocycles. The smallest absolute Gasteiger partial charge is 0.144 e. The second kappa shape index (κ2) is 12.2. The van der Waals surface area contributed by atoms with Crippen LogP contribution in [0.1, 0.15) is 36.8 Å². The molecule has 0 bridgehead atoms. The highest BCUT2D eigenvalue weighted by atomic mass is 35.5. The Labute approximate surface area is 205 Å². The SMILES string of the molecule is Oc1c(Cl)cc(Cl)c(Cl)c1C=NCCCCCCN=Cc1c(O)c(Cl)cc(Cl)c1Cl. The number of halogens is 6. The summed E-state index contributed by atoms with van der Waals surface area (Å²) >= 11 is 35.8. The standard InChI is InChI=1S/C20H18Cl6N2O2/c21-13-7-15(23)19(29)11(17(13)25)9-27-5-3-1-2-4-6-28-10-12-18(26)14(22)8-16(24)20(12)30/h7-10,29-30H,1-6H2. The van der Waals surface area contributed by atoms with E-state index in [1.807, 2.05) is 0 Å². The maximum atomic E-state index is 9.95. The van der Waals surface area contributed by atoms with Gasteiger partial charge in [-0.05, 0) is 25.0 Å². The van der Waals surface area contributed by atoms with Gasteiger partial charge in [0.15, 0.2) is 0 Å². The third kappa shape index (κ3) is 6.81. The van der Waals surface area contributed by atoms with Gasteiger partial charge in [0.25, 0.3) is 0 Å². The molecule has 0 spiro atoms. The molecular weight excluding hydrogens is 513 g/mol. The van der Waals surface area contributed by atoms with Crippen LogP contribution in [0.4, 0.5) is 0 Å². The lowest BCUT2D eigenvalue weighted by molar-refractivity contribution is 0.474. The number of hydrogen-bond donors (Lipinski definition) is 2. The Morgan fingerprint density at radius 2 is 0.967 bits per heavy atom. The molecule has 2 aromatic carbocycles. The highest BCUT2D eigenvalue weighted by molar-refractivity contribution is 6.46. The third-order valence-electron chi connectivity index (χ3n) is 4.13. The number of benzene rings is 2. The van der Waals surface area contributed by atoms with Crippen molar-refractivity contribution in [3.63, 3.8) is 0 Å². The van der Waals surface area contributed by atoms with E-state index in [9.17, 15) is 10.2 Å². The van der Waals surface area contributed by atoms with E-state index in [1.165, 1.54) is 24.6 Å². The van der Waals surface area contributed by atoms with Crippen LogP contribution in [-0.4, -0.2) is 35.7 Å². The van der Waals surface area contributed by atoms with Crippen LogP contribution >= 0.6 is 69.6 Å². The first-order valence-electron chi connectivity index (χ1n) is 8.96. The molecule has 2 N–H and O–H groups in total. The van der Waals surface area contributed by atoms with Crippen LogP contribution < -0.4 is 0 Å². The summed E-state index contributed by atoms with van der Waals surface area (Å²) < 4.78 is 0. The van der Waals surface area contributed by atoms with Gasteiger partial charge in [-0.1, -0.05) is 82.4 Å². The van der Waals surface area contributed by atoms with Crippen LogP contribution in [0.5, 0.6) is 11.5 Å². The van der Waals surface area contributed by atoms with Crippen molar-refractivity contribution >= 4 is 82.0 Å². The Hall–Kier alpha value is -0.880. The summed E-state index contributed by atoms with van der Waals surface area (Å²) in [5.41, 5.74) is 0.623. The molecule has 4 nitrogen and oxygen atoms in total. The number of aliphatic imine (C=N–C) groups is 2. The summed E-state index contributed by atoms with van der Waals surface area (Å²) in [4.78, 5) is 8.54. The van der Waals surface area contributed by atoms with Gasteiger partial charge in [0.1, 0.15) is 11.5 Å². The zero-order valence-electron chi connectivity index (χ0n) is 15.6. The lowest BCUT2D eigenvalue weighted by Gasteiger charge is -2.06. The van der Waals surface area contributed by atoms with Gasteiger partial charge >= 0.3 is 0 Å². The molecule has 0 radical (unpaired) electrons. The third-order valence-corrected chi connectivity index (χ3v) is 6.31. The van der Waals surface area contributed by atoms with Crippen LogP contribution in [0.2, 0.25) is 30.1 Å². The molecule has 0 aromatic heterocycles. The quantitative estimate of drug-likeness (QED) is 0.195. The second-order valence-electron chi connectivity index (χ2n) is 6.32. The number of hydrogen-bond acceptors (Lipinski definition) is 4. The van der Waals surface area contributed by atoms with E-state index in [2.05, 4.69) is 9.98 Å². The number of rotatable bonds is 9. The molecular formula is C20H18Cl6N2O2. The molecule has 0 aliphatic rings. The summed E-state index contributed by atoms with van der Waals surface area (Å²) in [6, 6.07) is 2.77. The molecule has 0 fully saturated rings. The van der Waals surface area contributed by atoms with Crippen LogP contribution in [0.25, 0.3) is 0 Å². The molecule has 0 unspecified atom stereocenters. The van der Waals surface area contributed by atoms with Gasteiger partial charge in [0.05, 0.1) is 41.3 Å². The number of phenols is 2. The second-order valence-corrected chi connectivity index (χ2v) is 8.70. The maximum Gasteiger partial charge on any atom is 0.144 e. The summed E-state index contributed by atoms with van der Waals surface area (Å²) in [7, 11) is 0. The number of nitrogens with zero attached hydrogens (tertiary/aromatic N) is 2. The normalized spacial score (nSPS) is 11.8. The van der Waals surface area contributed by atoms with E-state index < -0.39 is 0 Å². The van der Waals surface area contributed by atoms with E-state index in [0.717, 1.165) is 25.7 Å². The first kappa shape index (κ1) is 25.4. The molecule has 0 saturated heterocycles. The summed E-state index contributed by atoms with van der Waals surface area (Å²) in [5.74, 6) is -0.278. The molecule has 0 heterocycles. The minimum absolute atomic E-state index is 0.126. The summed E-state index contributed by atoms with van der Waals surface area (Å²) in [6.07, 6.45) is 6.60. The van der Waals surface area contributed by atoms with Crippen LogP contribution in [0, 0.1) is 0 Å². The average molecular weight is 531 g/mol. The highest BCUT2D eigenvalue weighted by Crippen LogP contribution is 2.38.